The van der Waals surface area contributed by atoms with Crippen LogP contribution in [0.3, 0.4) is 0 Å². The Labute approximate surface area is 151 Å². The van der Waals surface area contributed by atoms with Crippen molar-refractivity contribution in [2.24, 2.45) is 5.92 Å². The Morgan fingerprint density at radius 3 is 2.60 bits per heavy atom. The Morgan fingerprint density at radius 1 is 1.00 bits per heavy atom. The maximum atomic E-state index is 10.7. The third kappa shape index (κ3) is 4.12. The van der Waals surface area contributed by atoms with E-state index in [0.29, 0.717) is 13.1 Å². The van der Waals surface area contributed by atoms with Crippen molar-refractivity contribution in [1.82, 2.24) is 0 Å². The first-order chi connectivity index (χ1) is 12.2. The number of aryl methyl sites for hydroxylation is 1. The van der Waals surface area contributed by atoms with E-state index in [1.807, 2.05) is 0 Å². The van der Waals surface area contributed by atoms with Gasteiger partial charge in [0.05, 0.1) is 0 Å². The summed E-state index contributed by atoms with van der Waals surface area (Å²) in [5, 5.41) is 0. The molecule has 0 spiro atoms. The summed E-state index contributed by atoms with van der Waals surface area (Å²) < 4.78 is 5.13. The van der Waals surface area contributed by atoms with Gasteiger partial charge in [-0.1, -0.05) is 75.6 Å². The zero-order chi connectivity index (χ0) is 17.6. The number of carbonyl (C=O) groups is 1. The van der Waals surface area contributed by atoms with E-state index < -0.39 is 0 Å². The molecule has 0 N–H and O–H groups in total. The molecule has 0 aromatic heterocycles. The van der Waals surface area contributed by atoms with Crippen LogP contribution in [-0.4, -0.2) is 13.1 Å². The van der Waals surface area contributed by atoms with E-state index in [9.17, 15) is 4.79 Å². The summed E-state index contributed by atoms with van der Waals surface area (Å²) in [4.78, 5) is 10.7. The van der Waals surface area contributed by atoms with E-state index in [0.717, 1.165) is 12.3 Å². The van der Waals surface area contributed by atoms with E-state index in [1.54, 1.807) is 0 Å². The molecule has 1 atom stereocenters. The van der Waals surface area contributed by atoms with Crippen LogP contribution in [0.15, 0.2) is 42.5 Å². The lowest BCUT2D eigenvalue weighted by atomic mass is 9.95. The van der Waals surface area contributed by atoms with Gasteiger partial charge in [-0.05, 0) is 46.6 Å². The van der Waals surface area contributed by atoms with E-state index in [2.05, 4.69) is 56.3 Å². The lowest BCUT2D eigenvalue weighted by Gasteiger charge is -2.13. The topological polar surface area (TPSA) is 26.3 Å². The van der Waals surface area contributed by atoms with Gasteiger partial charge in [-0.15, -0.1) is 0 Å². The van der Waals surface area contributed by atoms with E-state index in [4.69, 9.17) is 4.74 Å². The first kappa shape index (κ1) is 17.7. The second-order valence-electron chi connectivity index (χ2n) is 7.48. The zero-order valence-electron chi connectivity index (χ0n) is 15.3. The van der Waals surface area contributed by atoms with Crippen molar-refractivity contribution in [3.8, 4) is 11.1 Å². The molecule has 0 bridgehead atoms. The highest BCUT2D eigenvalue weighted by molar-refractivity contribution is 5.79. The summed E-state index contributed by atoms with van der Waals surface area (Å²) in [5.41, 5.74) is 6.54. The highest BCUT2D eigenvalue weighted by Crippen LogP contribution is 2.45. The Hall–Kier alpha value is -2.09. The second kappa shape index (κ2) is 8.33. The summed E-state index contributed by atoms with van der Waals surface area (Å²) in [7, 11) is 0. The average molecular weight is 336 g/mol. The third-order valence-electron chi connectivity index (χ3n) is 5.20. The summed E-state index contributed by atoms with van der Waals surface area (Å²) in [5.74, 6) is 0.967. The standard InChI is InChI=1S/C23H28O2/c1-17(2)8-4-3-5-9-18-12-13-21-19-10-6-7-11-20(19)23(15-25-16-24)22(21)14-18/h6-7,10-14,16-17,23H,3-5,8-9,15H2,1-2H3. The highest BCUT2D eigenvalue weighted by Gasteiger charge is 2.28. The predicted molar refractivity (Wildman–Crippen MR) is 103 cm³/mol. The number of carbonyl (C=O) groups excluding carboxylic acids is 1. The monoisotopic (exact) mass is 336 g/mol. The number of fused-ring (bicyclic) bond motifs is 3. The van der Waals surface area contributed by atoms with Crippen molar-refractivity contribution in [1.29, 1.82) is 0 Å². The van der Waals surface area contributed by atoms with Gasteiger partial charge in [-0.3, -0.25) is 4.79 Å². The fraction of sp³-hybridized carbons (Fsp3) is 0.435. The molecule has 0 heterocycles. The minimum Gasteiger partial charge on any atom is -0.467 e. The maximum absolute atomic E-state index is 10.7. The van der Waals surface area contributed by atoms with Crippen LogP contribution < -0.4 is 0 Å². The normalized spacial score (nSPS) is 15.1. The van der Waals surface area contributed by atoms with Crippen LogP contribution in [0, 0.1) is 5.92 Å². The molecule has 3 rings (SSSR count). The molecule has 0 fully saturated rings. The second-order valence-corrected chi connectivity index (χ2v) is 7.48. The Bertz CT molecular complexity index is 718. The Balaban J connectivity index is 1.72. The molecule has 1 aliphatic rings. The third-order valence-corrected chi connectivity index (χ3v) is 5.20. The summed E-state index contributed by atoms with van der Waals surface area (Å²) >= 11 is 0. The number of benzene rings is 2. The molecule has 2 nitrogen and oxygen atoms in total. The Kier molecular flexibility index (Phi) is 5.91. The number of ether oxygens (including phenoxy) is 1. The van der Waals surface area contributed by atoms with Crippen LogP contribution >= 0.6 is 0 Å². The van der Waals surface area contributed by atoms with Crippen molar-refractivity contribution in [3.63, 3.8) is 0 Å². The van der Waals surface area contributed by atoms with Crippen LogP contribution in [0.4, 0.5) is 0 Å². The van der Waals surface area contributed by atoms with Gasteiger partial charge in [0, 0.05) is 5.92 Å². The predicted octanol–water partition coefficient (Wildman–Crippen LogP) is 5.73. The van der Waals surface area contributed by atoms with Crippen molar-refractivity contribution in [3.05, 3.63) is 59.2 Å². The molecule has 2 aromatic carbocycles. The van der Waals surface area contributed by atoms with Gasteiger partial charge >= 0.3 is 0 Å². The van der Waals surface area contributed by atoms with Crippen molar-refractivity contribution < 1.29 is 9.53 Å². The minimum atomic E-state index is 0.164. The number of hydrogen-bond acceptors (Lipinski definition) is 2. The van der Waals surface area contributed by atoms with Crippen molar-refractivity contribution >= 4 is 6.47 Å². The Morgan fingerprint density at radius 2 is 1.80 bits per heavy atom. The lowest BCUT2D eigenvalue weighted by Crippen LogP contribution is -2.06. The number of rotatable bonds is 9. The fourth-order valence-corrected chi connectivity index (χ4v) is 3.89. The largest absolute Gasteiger partial charge is 0.467 e. The lowest BCUT2D eigenvalue weighted by molar-refractivity contribution is -0.128. The summed E-state index contributed by atoms with van der Waals surface area (Å²) in [6.07, 6.45) is 6.32. The fourth-order valence-electron chi connectivity index (χ4n) is 3.89. The van der Waals surface area contributed by atoms with Gasteiger partial charge in [-0.25, -0.2) is 0 Å². The summed E-state index contributed by atoms with van der Waals surface area (Å²) in [6.45, 7) is 5.56. The molecular formula is C23H28O2. The van der Waals surface area contributed by atoms with Gasteiger partial charge in [0.15, 0.2) is 0 Å². The van der Waals surface area contributed by atoms with Crippen LogP contribution in [0.2, 0.25) is 0 Å². The van der Waals surface area contributed by atoms with Crippen LogP contribution in [0.1, 0.15) is 62.1 Å². The van der Waals surface area contributed by atoms with Gasteiger partial charge < -0.3 is 4.74 Å². The smallest absolute Gasteiger partial charge is 0.293 e. The molecular weight excluding hydrogens is 308 g/mol. The van der Waals surface area contributed by atoms with Crippen LogP contribution in [0.25, 0.3) is 11.1 Å². The molecule has 2 aromatic rings. The van der Waals surface area contributed by atoms with Gasteiger partial charge in [0.1, 0.15) is 6.61 Å². The van der Waals surface area contributed by atoms with Gasteiger partial charge in [0.2, 0.25) is 0 Å². The molecule has 2 heteroatoms. The first-order valence-corrected chi connectivity index (χ1v) is 9.48. The molecule has 0 aliphatic heterocycles. The highest BCUT2D eigenvalue weighted by atomic mass is 16.5. The van der Waals surface area contributed by atoms with E-state index >= 15 is 0 Å². The van der Waals surface area contributed by atoms with E-state index in [-0.39, 0.29) is 5.92 Å². The molecule has 25 heavy (non-hydrogen) atoms. The number of unbranched alkanes of at least 4 members (excludes halogenated alkanes) is 2. The zero-order valence-corrected chi connectivity index (χ0v) is 15.3. The van der Waals surface area contributed by atoms with Crippen LogP contribution in [0.5, 0.6) is 0 Å². The van der Waals surface area contributed by atoms with Gasteiger partial charge in [0.25, 0.3) is 6.47 Å². The summed E-state index contributed by atoms with van der Waals surface area (Å²) in [6, 6.07) is 15.3. The molecule has 132 valence electrons. The molecule has 1 aliphatic carbocycles. The minimum absolute atomic E-state index is 0.164. The van der Waals surface area contributed by atoms with Crippen molar-refractivity contribution in [2.45, 2.75) is 51.9 Å². The molecule has 0 saturated carbocycles. The maximum Gasteiger partial charge on any atom is 0.293 e. The molecule has 1 unspecified atom stereocenters. The average Bonchev–Trinajstić information content (AvgIpc) is 2.92. The van der Waals surface area contributed by atoms with E-state index in [1.165, 1.54) is 53.5 Å². The number of hydrogen-bond donors (Lipinski definition) is 0. The molecule has 0 radical (unpaired) electrons. The van der Waals surface area contributed by atoms with Crippen molar-refractivity contribution in [2.75, 3.05) is 6.61 Å². The molecule has 0 saturated heterocycles. The molecule has 0 amide bonds. The SMILES string of the molecule is CC(C)CCCCCc1ccc2c(c1)C(COC=O)c1ccccc1-2. The quantitative estimate of drug-likeness (QED) is 0.432. The first-order valence-electron chi connectivity index (χ1n) is 9.48. The van der Waals surface area contributed by atoms with Crippen LogP contribution in [-0.2, 0) is 16.0 Å². The van der Waals surface area contributed by atoms with Gasteiger partial charge in [-0.2, -0.15) is 0 Å².